The zero-order chi connectivity index (χ0) is 16.9. The third-order valence-corrected chi connectivity index (χ3v) is 3.43. The molecular formula is C15H22O7. The van der Waals surface area contributed by atoms with E-state index in [-0.39, 0.29) is 25.4 Å². The molecule has 2 atom stereocenters. The van der Waals surface area contributed by atoms with Gasteiger partial charge in [0.15, 0.2) is 6.10 Å². The van der Waals surface area contributed by atoms with Crippen molar-refractivity contribution in [2.24, 2.45) is 5.41 Å². The van der Waals surface area contributed by atoms with Crippen LogP contribution in [0.4, 0.5) is 0 Å². The summed E-state index contributed by atoms with van der Waals surface area (Å²) in [6, 6.07) is 0. The summed E-state index contributed by atoms with van der Waals surface area (Å²) in [6.45, 7) is 10.3. The molecule has 1 saturated heterocycles. The van der Waals surface area contributed by atoms with E-state index in [9.17, 15) is 14.4 Å². The fourth-order valence-corrected chi connectivity index (χ4v) is 2.38. The summed E-state index contributed by atoms with van der Waals surface area (Å²) in [6.07, 6.45) is -2.16. The largest absolute Gasteiger partial charge is 0.465 e. The van der Waals surface area contributed by atoms with Crippen molar-refractivity contribution in [1.29, 1.82) is 0 Å². The van der Waals surface area contributed by atoms with Gasteiger partial charge < -0.3 is 18.9 Å². The molecule has 0 N–H and O–H groups in total. The fourth-order valence-electron chi connectivity index (χ4n) is 2.38. The normalized spacial score (nSPS) is 23.0. The Morgan fingerprint density at radius 2 is 1.50 bits per heavy atom. The van der Waals surface area contributed by atoms with Gasteiger partial charge in [0, 0.05) is 0 Å². The lowest BCUT2D eigenvalue weighted by molar-refractivity contribution is -0.183. The standard InChI is InChI=1S/C15H22O7/c1-6-19-12(16)11-15(13(17)20-7-2,14(18)21-8-3)9(4)10(5)22-11/h10-11H,4,6-8H2,1-3,5H3/t10-,11+/m1/s1. The molecule has 0 unspecified atom stereocenters. The lowest BCUT2D eigenvalue weighted by Crippen LogP contribution is -2.52. The molecule has 7 heteroatoms. The van der Waals surface area contributed by atoms with Gasteiger partial charge in [0.2, 0.25) is 5.41 Å². The molecule has 1 aliphatic rings. The minimum absolute atomic E-state index is 0.0389. The summed E-state index contributed by atoms with van der Waals surface area (Å²) in [4.78, 5) is 37.1. The Kier molecular flexibility index (Phi) is 6.11. The van der Waals surface area contributed by atoms with Gasteiger partial charge in [-0.2, -0.15) is 0 Å². The predicted octanol–water partition coefficient (Wildman–Crippen LogP) is 1.01. The van der Waals surface area contributed by atoms with Crippen LogP contribution in [-0.2, 0) is 33.3 Å². The van der Waals surface area contributed by atoms with Crippen LogP contribution in [0.2, 0.25) is 0 Å². The molecule has 0 saturated carbocycles. The molecule has 0 radical (unpaired) electrons. The summed E-state index contributed by atoms with van der Waals surface area (Å²) in [5.41, 5.74) is -1.90. The van der Waals surface area contributed by atoms with Crippen LogP contribution >= 0.6 is 0 Å². The maximum absolute atomic E-state index is 12.5. The molecule has 1 rings (SSSR count). The van der Waals surface area contributed by atoms with Gasteiger partial charge in [0.25, 0.3) is 0 Å². The Labute approximate surface area is 129 Å². The number of hydrogen-bond acceptors (Lipinski definition) is 7. The summed E-state index contributed by atoms with van der Waals surface area (Å²) in [5, 5.41) is 0. The highest BCUT2D eigenvalue weighted by Crippen LogP contribution is 2.45. The van der Waals surface area contributed by atoms with Crippen LogP contribution in [-0.4, -0.2) is 49.9 Å². The second kappa shape index (κ2) is 7.40. The van der Waals surface area contributed by atoms with Crippen molar-refractivity contribution in [3.05, 3.63) is 12.2 Å². The molecule has 1 fully saturated rings. The maximum atomic E-state index is 12.5. The lowest BCUT2D eigenvalue weighted by Gasteiger charge is -2.28. The van der Waals surface area contributed by atoms with E-state index in [4.69, 9.17) is 18.9 Å². The quantitative estimate of drug-likeness (QED) is 0.313. The SMILES string of the molecule is C=C1[C@@H](C)O[C@@H](C(=O)OCC)C1(C(=O)OCC)C(=O)OCC. The van der Waals surface area contributed by atoms with Crippen molar-refractivity contribution in [3.63, 3.8) is 0 Å². The van der Waals surface area contributed by atoms with Crippen LogP contribution in [0.5, 0.6) is 0 Å². The molecule has 1 aliphatic heterocycles. The topological polar surface area (TPSA) is 88.1 Å². The van der Waals surface area contributed by atoms with Gasteiger partial charge in [-0.25, -0.2) is 4.79 Å². The van der Waals surface area contributed by atoms with Gasteiger partial charge in [0.05, 0.1) is 25.9 Å². The maximum Gasteiger partial charge on any atom is 0.337 e. The van der Waals surface area contributed by atoms with Crippen LogP contribution in [0.3, 0.4) is 0 Å². The molecular weight excluding hydrogens is 292 g/mol. The van der Waals surface area contributed by atoms with Gasteiger partial charge in [-0.05, 0) is 33.3 Å². The summed E-state index contributed by atoms with van der Waals surface area (Å²) < 4.78 is 20.3. The number of carbonyl (C=O) groups is 3. The molecule has 0 aromatic rings. The van der Waals surface area contributed by atoms with Gasteiger partial charge in [-0.1, -0.05) is 6.58 Å². The molecule has 0 aromatic carbocycles. The average molecular weight is 314 g/mol. The van der Waals surface area contributed by atoms with Crippen LogP contribution < -0.4 is 0 Å². The average Bonchev–Trinajstić information content (AvgIpc) is 2.73. The highest BCUT2D eigenvalue weighted by Gasteiger charge is 2.66. The summed E-state index contributed by atoms with van der Waals surface area (Å²) in [7, 11) is 0. The monoisotopic (exact) mass is 314 g/mol. The minimum Gasteiger partial charge on any atom is -0.465 e. The molecule has 7 nitrogen and oxygen atoms in total. The Balaban J connectivity index is 3.39. The zero-order valence-corrected chi connectivity index (χ0v) is 13.3. The fraction of sp³-hybridized carbons (Fsp3) is 0.667. The summed E-state index contributed by atoms with van der Waals surface area (Å²) in [5.74, 6) is -2.66. The first-order chi connectivity index (χ1) is 10.4. The van der Waals surface area contributed by atoms with E-state index < -0.39 is 35.5 Å². The zero-order valence-electron chi connectivity index (χ0n) is 13.3. The second-order valence-electron chi connectivity index (χ2n) is 4.68. The van der Waals surface area contributed by atoms with E-state index >= 15 is 0 Å². The van der Waals surface area contributed by atoms with Crippen molar-refractivity contribution < 1.29 is 33.3 Å². The first-order valence-electron chi connectivity index (χ1n) is 7.23. The predicted molar refractivity (Wildman–Crippen MR) is 75.8 cm³/mol. The van der Waals surface area contributed by atoms with Gasteiger partial charge in [-0.15, -0.1) is 0 Å². The first kappa shape index (κ1) is 18.2. The first-order valence-corrected chi connectivity index (χ1v) is 7.23. The molecule has 0 aliphatic carbocycles. The Hall–Kier alpha value is -1.89. The molecule has 0 spiro atoms. The van der Waals surface area contributed by atoms with Crippen LogP contribution in [0.15, 0.2) is 12.2 Å². The molecule has 0 amide bonds. The molecule has 22 heavy (non-hydrogen) atoms. The van der Waals surface area contributed by atoms with E-state index in [1.807, 2.05) is 0 Å². The second-order valence-corrected chi connectivity index (χ2v) is 4.68. The number of hydrogen-bond donors (Lipinski definition) is 0. The molecule has 0 aromatic heterocycles. The van der Waals surface area contributed by atoms with E-state index in [1.165, 1.54) is 0 Å². The molecule has 0 bridgehead atoms. The number of ether oxygens (including phenoxy) is 4. The van der Waals surface area contributed by atoms with Gasteiger partial charge >= 0.3 is 17.9 Å². The lowest BCUT2D eigenvalue weighted by atomic mass is 9.76. The highest BCUT2D eigenvalue weighted by atomic mass is 16.6. The van der Waals surface area contributed by atoms with E-state index in [0.29, 0.717) is 0 Å². The van der Waals surface area contributed by atoms with E-state index in [2.05, 4.69) is 6.58 Å². The smallest absolute Gasteiger partial charge is 0.337 e. The third-order valence-electron chi connectivity index (χ3n) is 3.43. The van der Waals surface area contributed by atoms with Crippen molar-refractivity contribution in [2.75, 3.05) is 19.8 Å². The highest BCUT2D eigenvalue weighted by molar-refractivity contribution is 6.09. The Bertz CT molecular complexity index is 451. The summed E-state index contributed by atoms with van der Waals surface area (Å²) >= 11 is 0. The number of rotatable bonds is 6. The van der Waals surface area contributed by atoms with E-state index in [0.717, 1.165) is 0 Å². The number of esters is 3. The van der Waals surface area contributed by atoms with Crippen molar-refractivity contribution in [2.45, 2.75) is 39.9 Å². The minimum atomic E-state index is -2.03. The number of carbonyl (C=O) groups excluding carboxylic acids is 3. The molecule has 1 heterocycles. The van der Waals surface area contributed by atoms with Crippen LogP contribution in [0.1, 0.15) is 27.7 Å². The van der Waals surface area contributed by atoms with Crippen molar-refractivity contribution in [1.82, 2.24) is 0 Å². The van der Waals surface area contributed by atoms with Crippen LogP contribution in [0.25, 0.3) is 0 Å². The third kappa shape index (κ3) is 2.85. The Morgan fingerprint density at radius 3 is 1.91 bits per heavy atom. The van der Waals surface area contributed by atoms with Gasteiger partial charge in [0.1, 0.15) is 0 Å². The van der Waals surface area contributed by atoms with Crippen LogP contribution in [0, 0.1) is 5.41 Å². The van der Waals surface area contributed by atoms with Crippen molar-refractivity contribution in [3.8, 4) is 0 Å². The Morgan fingerprint density at radius 1 is 1.05 bits per heavy atom. The van der Waals surface area contributed by atoms with Crippen molar-refractivity contribution >= 4 is 17.9 Å². The van der Waals surface area contributed by atoms with Gasteiger partial charge in [-0.3, -0.25) is 9.59 Å². The molecule has 124 valence electrons. The van der Waals surface area contributed by atoms with E-state index in [1.54, 1.807) is 27.7 Å².